The molecule has 3 heteroatoms. The molecule has 46 valence electrons. The van der Waals surface area contributed by atoms with Crippen molar-refractivity contribution in [2.24, 2.45) is 5.16 Å². The van der Waals surface area contributed by atoms with Crippen LogP contribution < -0.4 is 0 Å². The maximum absolute atomic E-state index is 5.29. The van der Waals surface area contributed by atoms with Crippen molar-refractivity contribution in [1.29, 1.82) is 0 Å². The zero-order valence-corrected chi connectivity index (χ0v) is 5.27. The molecule has 0 amide bonds. The highest BCUT2D eigenvalue weighted by Crippen LogP contribution is 1.79. The quantitative estimate of drug-likeness (QED) is 0.187. The highest BCUT2D eigenvalue weighted by atomic mass is 35.5. The Morgan fingerprint density at radius 1 is 1.62 bits per heavy atom. The molecule has 0 aromatic rings. The minimum atomic E-state index is 0.455. The molecule has 2 nitrogen and oxygen atoms in total. The molecule has 0 saturated heterocycles. The average molecular weight is 134 g/mol. The number of hydrogen-bond donors (Lipinski definition) is 0. The Labute approximate surface area is 53.8 Å². The molecule has 0 aliphatic heterocycles. The van der Waals surface area contributed by atoms with E-state index in [1.165, 1.54) is 0 Å². The van der Waals surface area contributed by atoms with Crippen LogP contribution in [0.15, 0.2) is 17.3 Å². The van der Waals surface area contributed by atoms with Crippen LogP contribution in [0.1, 0.15) is 0 Å². The van der Waals surface area contributed by atoms with Gasteiger partial charge in [-0.1, -0.05) is 6.08 Å². The van der Waals surface area contributed by atoms with Gasteiger partial charge >= 0.3 is 0 Å². The summed E-state index contributed by atoms with van der Waals surface area (Å²) in [5.41, 5.74) is 0. The van der Waals surface area contributed by atoms with Gasteiger partial charge in [0.05, 0.1) is 0 Å². The van der Waals surface area contributed by atoms with E-state index in [2.05, 4.69) is 16.7 Å². The lowest BCUT2D eigenvalue weighted by atomic mass is 10.6. The van der Waals surface area contributed by atoms with E-state index >= 15 is 0 Å². The fourth-order valence-electron chi connectivity index (χ4n) is 0.227. The van der Waals surface area contributed by atoms with Gasteiger partial charge in [0.1, 0.15) is 6.61 Å². The SMILES string of the molecule is C=NOCC=CCCl. The Hall–Kier alpha value is -0.500. The first-order chi connectivity index (χ1) is 3.91. The van der Waals surface area contributed by atoms with E-state index in [1.807, 2.05) is 0 Å². The Morgan fingerprint density at radius 3 is 2.88 bits per heavy atom. The molecule has 0 bridgehead atoms. The molecule has 0 saturated carbocycles. The first-order valence-electron chi connectivity index (χ1n) is 2.20. The number of hydrogen-bond acceptors (Lipinski definition) is 2. The fraction of sp³-hybridized carbons (Fsp3) is 0.400. The van der Waals surface area contributed by atoms with Crippen LogP contribution in [0.25, 0.3) is 0 Å². The van der Waals surface area contributed by atoms with Gasteiger partial charge in [-0.3, -0.25) is 0 Å². The summed E-state index contributed by atoms with van der Waals surface area (Å²) in [4.78, 5) is 4.50. The van der Waals surface area contributed by atoms with E-state index in [0.29, 0.717) is 12.5 Å². The summed E-state index contributed by atoms with van der Waals surface area (Å²) >= 11 is 5.29. The largest absolute Gasteiger partial charge is 0.392 e. The van der Waals surface area contributed by atoms with E-state index in [1.54, 1.807) is 12.2 Å². The molecule has 0 aliphatic carbocycles. The van der Waals surface area contributed by atoms with Crippen LogP contribution in [0.3, 0.4) is 0 Å². The molecule has 0 spiro atoms. The van der Waals surface area contributed by atoms with E-state index < -0.39 is 0 Å². The average Bonchev–Trinajstić information content (AvgIpc) is 1.81. The Kier molecular flexibility index (Phi) is 6.09. The van der Waals surface area contributed by atoms with Crippen LogP contribution in [0.4, 0.5) is 0 Å². The summed E-state index contributed by atoms with van der Waals surface area (Å²) in [6.07, 6.45) is 3.56. The van der Waals surface area contributed by atoms with Crippen LogP contribution >= 0.6 is 11.6 Å². The molecule has 0 unspecified atom stereocenters. The zero-order chi connectivity index (χ0) is 6.24. The summed E-state index contributed by atoms with van der Waals surface area (Å²) in [5.74, 6) is 0.514. The summed E-state index contributed by atoms with van der Waals surface area (Å²) in [7, 11) is 0. The van der Waals surface area contributed by atoms with Crippen LogP contribution in [0.2, 0.25) is 0 Å². The van der Waals surface area contributed by atoms with E-state index in [-0.39, 0.29) is 0 Å². The lowest BCUT2D eigenvalue weighted by Crippen LogP contribution is -1.78. The van der Waals surface area contributed by atoms with Crippen molar-refractivity contribution in [3.05, 3.63) is 12.2 Å². The van der Waals surface area contributed by atoms with Gasteiger partial charge in [-0.25, -0.2) is 0 Å². The number of nitrogens with zero attached hydrogens (tertiary/aromatic N) is 1. The Morgan fingerprint density at radius 2 is 2.38 bits per heavy atom. The monoisotopic (exact) mass is 133 g/mol. The topological polar surface area (TPSA) is 21.6 Å². The molecule has 0 N–H and O–H groups in total. The molecule has 0 aliphatic rings. The highest BCUT2D eigenvalue weighted by Gasteiger charge is 1.70. The van der Waals surface area contributed by atoms with Gasteiger partial charge in [0.15, 0.2) is 0 Å². The molecule has 8 heavy (non-hydrogen) atoms. The maximum atomic E-state index is 5.29. The third-order valence-corrected chi connectivity index (χ3v) is 0.696. The summed E-state index contributed by atoms with van der Waals surface area (Å²) in [6, 6.07) is 0. The smallest absolute Gasteiger partial charge is 0.135 e. The number of allylic oxidation sites excluding steroid dienone is 1. The number of halogens is 1. The number of rotatable bonds is 4. The third kappa shape index (κ3) is 5.50. The van der Waals surface area contributed by atoms with E-state index in [0.717, 1.165) is 0 Å². The number of oxime groups is 1. The van der Waals surface area contributed by atoms with E-state index in [9.17, 15) is 0 Å². The molecule has 0 rings (SSSR count). The van der Waals surface area contributed by atoms with Crippen molar-refractivity contribution >= 4 is 18.3 Å². The Balaban J connectivity index is 2.90. The molecule has 0 heterocycles. The van der Waals surface area contributed by atoms with Crippen LogP contribution in [0.5, 0.6) is 0 Å². The van der Waals surface area contributed by atoms with Gasteiger partial charge in [0.25, 0.3) is 0 Å². The molecule has 0 aromatic heterocycles. The summed E-state index contributed by atoms with van der Waals surface area (Å²) < 4.78 is 0. The van der Waals surface area contributed by atoms with Crippen molar-refractivity contribution < 1.29 is 4.84 Å². The normalized spacial score (nSPS) is 9.62. The minimum absolute atomic E-state index is 0.455. The summed E-state index contributed by atoms with van der Waals surface area (Å²) in [6.45, 7) is 3.57. The van der Waals surface area contributed by atoms with Gasteiger partial charge < -0.3 is 4.84 Å². The second kappa shape index (κ2) is 6.50. The van der Waals surface area contributed by atoms with Gasteiger partial charge in [-0.15, -0.1) is 16.8 Å². The van der Waals surface area contributed by atoms with Gasteiger partial charge in [-0.05, 0) is 6.08 Å². The number of alkyl halides is 1. The lowest BCUT2D eigenvalue weighted by Gasteiger charge is -1.86. The molecule has 0 aromatic carbocycles. The van der Waals surface area contributed by atoms with Crippen molar-refractivity contribution in [2.75, 3.05) is 12.5 Å². The maximum Gasteiger partial charge on any atom is 0.135 e. The molecular formula is C5H8ClNO. The predicted molar refractivity (Wildman–Crippen MR) is 35.4 cm³/mol. The van der Waals surface area contributed by atoms with E-state index in [4.69, 9.17) is 11.6 Å². The second-order valence-corrected chi connectivity index (χ2v) is 1.36. The van der Waals surface area contributed by atoms with Crippen molar-refractivity contribution in [1.82, 2.24) is 0 Å². The zero-order valence-electron chi connectivity index (χ0n) is 4.51. The molecule has 0 fully saturated rings. The molecular weight excluding hydrogens is 126 g/mol. The van der Waals surface area contributed by atoms with Crippen LogP contribution in [0, 0.1) is 0 Å². The molecule has 0 radical (unpaired) electrons. The first kappa shape index (κ1) is 7.50. The van der Waals surface area contributed by atoms with Gasteiger partial charge in [0.2, 0.25) is 0 Å². The predicted octanol–water partition coefficient (Wildman–Crippen LogP) is 1.41. The highest BCUT2D eigenvalue weighted by molar-refractivity contribution is 6.18. The minimum Gasteiger partial charge on any atom is -0.392 e. The first-order valence-corrected chi connectivity index (χ1v) is 2.74. The molecule has 0 atom stereocenters. The van der Waals surface area contributed by atoms with Gasteiger partial charge in [0, 0.05) is 12.6 Å². The van der Waals surface area contributed by atoms with Crippen molar-refractivity contribution in [3.63, 3.8) is 0 Å². The second-order valence-electron chi connectivity index (χ2n) is 1.05. The van der Waals surface area contributed by atoms with Gasteiger partial charge in [-0.2, -0.15) is 0 Å². The van der Waals surface area contributed by atoms with Crippen molar-refractivity contribution in [2.45, 2.75) is 0 Å². The Bertz CT molecular complexity index is 82.5. The van der Waals surface area contributed by atoms with Crippen molar-refractivity contribution in [3.8, 4) is 0 Å². The third-order valence-electron chi connectivity index (χ3n) is 0.518. The van der Waals surface area contributed by atoms with Crippen LogP contribution in [-0.2, 0) is 4.84 Å². The standard InChI is InChI=1S/C5H8ClNO/c1-7-8-5-3-2-4-6/h2-3H,1,4-5H2. The lowest BCUT2D eigenvalue weighted by molar-refractivity contribution is 0.177. The fourth-order valence-corrected chi connectivity index (χ4v) is 0.353. The summed E-state index contributed by atoms with van der Waals surface area (Å²) in [5, 5.41) is 3.16. The van der Waals surface area contributed by atoms with Crippen LogP contribution in [-0.4, -0.2) is 19.2 Å².